The van der Waals surface area contributed by atoms with Crippen molar-refractivity contribution >= 4 is 21.7 Å². The lowest BCUT2D eigenvalue weighted by Crippen LogP contribution is -2.04. The number of carbonyl (C=O) groups is 1. The van der Waals surface area contributed by atoms with Gasteiger partial charge in [0.2, 0.25) is 0 Å². The molecular weight excluding hydrogens is 282 g/mol. The molecule has 0 aromatic heterocycles. The molecule has 0 radical (unpaired) electrons. The van der Waals surface area contributed by atoms with Crippen LogP contribution in [0.15, 0.2) is 18.2 Å². The predicted octanol–water partition coefficient (Wildman–Crippen LogP) is 3.14. The first kappa shape index (κ1) is 13.1. The molecule has 0 aliphatic rings. The number of hydrogen-bond acceptors (Lipinski definition) is 2. The number of ketones is 1. The standard InChI is InChI=1S/C11H11BrF2O2/c1-16-10-5-7(4-8(15)6-12)2-3-9(10)11(13)14/h2-3,5,11H,4,6H2,1H3. The molecule has 88 valence electrons. The van der Waals surface area contributed by atoms with Crippen molar-refractivity contribution in [3.05, 3.63) is 29.3 Å². The molecule has 0 unspecified atom stereocenters. The Kier molecular flexibility index (Phi) is 4.86. The van der Waals surface area contributed by atoms with Gasteiger partial charge in [-0.1, -0.05) is 22.0 Å². The van der Waals surface area contributed by atoms with Crippen molar-refractivity contribution in [2.75, 3.05) is 12.4 Å². The minimum absolute atomic E-state index is 0.00755. The third-order valence-electron chi connectivity index (χ3n) is 2.08. The van der Waals surface area contributed by atoms with Crippen molar-refractivity contribution in [2.45, 2.75) is 12.8 Å². The summed E-state index contributed by atoms with van der Waals surface area (Å²) in [7, 11) is 1.33. The van der Waals surface area contributed by atoms with E-state index in [1.807, 2.05) is 0 Å². The van der Waals surface area contributed by atoms with Crippen LogP contribution in [0.3, 0.4) is 0 Å². The molecule has 0 fully saturated rings. The lowest BCUT2D eigenvalue weighted by molar-refractivity contribution is -0.115. The molecule has 0 amide bonds. The number of ether oxygens (including phenoxy) is 1. The van der Waals surface area contributed by atoms with E-state index >= 15 is 0 Å². The number of alkyl halides is 3. The van der Waals surface area contributed by atoms with Gasteiger partial charge in [0.05, 0.1) is 18.0 Å². The van der Waals surface area contributed by atoms with Gasteiger partial charge in [-0.25, -0.2) is 8.78 Å². The van der Waals surface area contributed by atoms with Crippen molar-refractivity contribution in [1.82, 2.24) is 0 Å². The molecule has 0 aliphatic carbocycles. The van der Waals surface area contributed by atoms with Crippen LogP contribution in [0.2, 0.25) is 0 Å². The monoisotopic (exact) mass is 292 g/mol. The lowest BCUT2D eigenvalue weighted by atomic mass is 10.1. The summed E-state index contributed by atoms with van der Waals surface area (Å²) in [6, 6.07) is 4.28. The second kappa shape index (κ2) is 5.94. The molecule has 2 nitrogen and oxygen atoms in total. The minimum atomic E-state index is -2.57. The van der Waals surface area contributed by atoms with Gasteiger partial charge in [-0.2, -0.15) is 0 Å². The SMILES string of the molecule is COc1cc(CC(=O)CBr)ccc1C(F)F. The fourth-order valence-electron chi connectivity index (χ4n) is 1.32. The van der Waals surface area contributed by atoms with Crippen LogP contribution in [-0.2, 0) is 11.2 Å². The van der Waals surface area contributed by atoms with E-state index in [0.29, 0.717) is 5.56 Å². The summed E-state index contributed by atoms with van der Waals surface area (Å²) >= 11 is 3.04. The molecule has 0 spiro atoms. The predicted molar refractivity (Wildman–Crippen MR) is 60.5 cm³/mol. The highest BCUT2D eigenvalue weighted by Gasteiger charge is 2.14. The highest BCUT2D eigenvalue weighted by atomic mass is 79.9. The van der Waals surface area contributed by atoms with E-state index < -0.39 is 6.43 Å². The summed E-state index contributed by atoms with van der Waals surface area (Å²) in [6.45, 7) is 0. The zero-order valence-electron chi connectivity index (χ0n) is 8.67. The largest absolute Gasteiger partial charge is 0.496 e. The van der Waals surface area contributed by atoms with Crippen LogP contribution in [0, 0.1) is 0 Å². The lowest BCUT2D eigenvalue weighted by Gasteiger charge is -2.09. The van der Waals surface area contributed by atoms with E-state index in [9.17, 15) is 13.6 Å². The summed E-state index contributed by atoms with van der Waals surface area (Å²) < 4.78 is 29.9. The van der Waals surface area contributed by atoms with E-state index in [4.69, 9.17) is 4.74 Å². The second-order valence-electron chi connectivity index (χ2n) is 3.23. The van der Waals surface area contributed by atoms with Crippen molar-refractivity contribution in [3.8, 4) is 5.75 Å². The topological polar surface area (TPSA) is 26.3 Å². The molecule has 0 N–H and O–H groups in total. The van der Waals surface area contributed by atoms with E-state index in [1.54, 1.807) is 0 Å². The van der Waals surface area contributed by atoms with Gasteiger partial charge in [-0.15, -0.1) is 0 Å². The van der Waals surface area contributed by atoms with Crippen LogP contribution in [0.4, 0.5) is 8.78 Å². The number of halogens is 3. The van der Waals surface area contributed by atoms with E-state index in [-0.39, 0.29) is 28.8 Å². The van der Waals surface area contributed by atoms with Gasteiger partial charge in [-0.05, 0) is 17.7 Å². The van der Waals surface area contributed by atoms with E-state index in [1.165, 1.54) is 25.3 Å². The van der Waals surface area contributed by atoms with Crippen molar-refractivity contribution in [1.29, 1.82) is 0 Å². The van der Waals surface area contributed by atoms with Gasteiger partial charge < -0.3 is 4.74 Å². The van der Waals surface area contributed by atoms with Crippen LogP contribution < -0.4 is 4.74 Å². The molecule has 1 rings (SSSR count). The van der Waals surface area contributed by atoms with Gasteiger partial charge >= 0.3 is 0 Å². The maximum absolute atomic E-state index is 12.5. The summed E-state index contributed by atoms with van der Waals surface area (Å²) in [6.07, 6.45) is -2.36. The molecule has 1 aromatic carbocycles. The average Bonchev–Trinajstić information content (AvgIpc) is 2.28. The van der Waals surface area contributed by atoms with Crippen molar-refractivity contribution in [3.63, 3.8) is 0 Å². The summed E-state index contributed by atoms with van der Waals surface area (Å²) in [5, 5.41) is 0.256. The Morgan fingerprint density at radius 1 is 1.50 bits per heavy atom. The molecule has 0 aliphatic heterocycles. The Labute approximate surface area is 101 Å². The maximum Gasteiger partial charge on any atom is 0.267 e. The van der Waals surface area contributed by atoms with Crippen LogP contribution in [0.25, 0.3) is 0 Å². The molecule has 0 heterocycles. The molecule has 0 saturated carbocycles. The molecule has 0 saturated heterocycles. The molecule has 16 heavy (non-hydrogen) atoms. The Morgan fingerprint density at radius 2 is 2.19 bits per heavy atom. The number of hydrogen-bond donors (Lipinski definition) is 0. The van der Waals surface area contributed by atoms with Gasteiger partial charge in [0.15, 0.2) is 0 Å². The van der Waals surface area contributed by atoms with Crippen LogP contribution in [0.5, 0.6) is 5.75 Å². The Balaban J connectivity index is 2.95. The Bertz CT molecular complexity index is 380. The second-order valence-corrected chi connectivity index (χ2v) is 3.79. The van der Waals surface area contributed by atoms with Gasteiger partial charge in [0.25, 0.3) is 6.43 Å². The zero-order chi connectivity index (χ0) is 12.1. The zero-order valence-corrected chi connectivity index (χ0v) is 10.3. The fraction of sp³-hybridized carbons (Fsp3) is 0.364. The van der Waals surface area contributed by atoms with E-state index in [0.717, 1.165) is 0 Å². The highest BCUT2D eigenvalue weighted by Crippen LogP contribution is 2.29. The van der Waals surface area contributed by atoms with Crippen molar-refractivity contribution < 1.29 is 18.3 Å². The smallest absolute Gasteiger partial charge is 0.267 e. The Hall–Kier alpha value is -0.970. The molecule has 0 atom stereocenters. The molecule has 1 aromatic rings. The van der Waals surface area contributed by atoms with E-state index in [2.05, 4.69) is 15.9 Å². The van der Waals surface area contributed by atoms with Crippen LogP contribution >= 0.6 is 15.9 Å². The van der Waals surface area contributed by atoms with Gasteiger partial charge in [-0.3, -0.25) is 4.79 Å². The van der Waals surface area contributed by atoms with Gasteiger partial charge in [0.1, 0.15) is 11.5 Å². The number of carbonyl (C=O) groups excluding carboxylic acids is 1. The summed E-state index contributed by atoms with van der Waals surface area (Å²) in [5.74, 6) is 0.113. The first-order valence-corrected chi connectivity index (χ1v) is 5.73. The molecular formula is C11H11BrF2O2. The fourth-order valence-corrected chi connectivity index (χ4v) is 1.52. The maximum atomic E-state index is 12.5. The summed E-state index contributed by atoms with van der Waals surface area (Å²) in [5.41, 5.74) is 0.517. The first-order chi connectivity index (χ1) is 7.58. The average molecular weight is 293 g/mol. The highest BCUT2D eigenvalue weighted by molar-refractivity contribution is 9.09. The number of benzene rings is 1. The first-order valence-electron chi connectivity index (χ1n) is 4.61. The van der Waals surface area contributed by atoms with Crippen LogP contribution in [0.1, 0.15) is 17.6 Å². The molecule has 5 heteroatoms. The normalized spacial score (nSPS) is 10.6. The van der Waals surface area contributed by atoms with Gasteiger partial charge in [0, 0.05) is 6.42 Å². The number of rotatable bonds is 5. The number of methoxy groups -OCH3 is 1. The minimum Gasteiger partial charge on any atom is -0.496 e. The Morgan fingerprint density at radius 3 is 2.69 bits per heavy atom. The quantitative estimate of drug-likeness (QED) is 0.780. The third kappa shape index (κ3) is 3.27. The summed E-state index contributed by atoms with van der Waals surface area (Å²) in [4.78, 5) is 11.2. The van der Waals surface area contributed by atoms with Crippen molar-refractivity contribution in [2.24, 2.45) is 0 Å². The van der Waals surface area contributed by atoms with Crippen LogP contribution in [-0.4, -0.2) is 18.2 Å². The third-order valence-corrected chi connectivity index (χ3v) is 2.71. The molecule has 0 bridgehead atoms. The number of Topliss-reactive ketones (excluding diaryl/α,β-unsaturated/α-hetero) is 1.